The van der Waals surface area contributed by atoms with E-state index in [0.29, 0.717) is 11.0 Å². The Morgan fingerprint density at radius 2 is 1.83 bits per heavy atom. The number of nitrogens with zero attached hydrogens (tertiary/aromatic N) is 2. The number of nitrogens with one attached hydrogen (secondary N) is 1. The molecule has 1 aromatic carbocycles. The summed E-state index contributed by atoms with van der Waals surface area (Å²) in [6, 6.07) is 8.69. The zero-order valence-electron chi connectivity index (χ0n) is 10.4. The molecule has 0 aliphatic carbocycles. The number of halogens is 1. The van der Waals surface area contributed by atoms with Crippen molar-refractivity contribution in [3.05, 3.63) is 52.9 Å². The van der Waals surface area contributed by atoms with E-state index in [0.717, 1.165) is 19.4 Å². The Balaban J connectivity index is 1.84. The van der Waals surface area contributed by atoms with Crippen LogP contribution in [-0.4, -0.2) is 16.5 Å². The number of anilines is 1. The zero-order chi connectivity index (χ0) is 12.8. The minimum absolute atomic E-state index is 0.410. The van der Waals surface area contributed by atoms with Crippen LogP contribution in [0, 0.1) is 0 Å². The standard InChI is InChI=1S/C14H16ClN3/c1-2-11-3-5-12(6-4-11)7-8-17-14-10-16-9-13(15)18-14/h3-6,9-10H,2,7-8H2,1H3,(H,17,18). The summed E-state index contributed by atoms with van der Waals surface area (Å²) in [4.78, 5) is 8.10. The summed E-state index contributed by atoms with van der Waals surface area (Å²) in [5, 5.41) is 3.61. The van der Waals surface area contributed by atoms with Gasteiger partial charge in [0.05, 0.1) is 12.4 Å². The molecule has 0 saturated carbocycles. The highest BCUT2D eigenvalue weighted by Gasteiger charge is 1.97. The Morgan fingerprint density at radius 3 is 2.50 bits per heavy atom. The summed E-state index contributed by atoms with van der Waals surface area (Å²) in [5.41, 5.74) is 2.68. The van der Waals surface area contributed by atoms with Gasteiger partial charge in [0.2, 0.25) is 0 Å². The van der Waals surface area contributed by atoms with E-state index < -0.39 is 0 Å². The summed E-state index contributed by atoms with van der Waals surface area (Å²) in [6.45, 7) is 2.98. The van der Waals surface area contributed by atoms with Crippen molar-refractivity contribution < 1.29 is 0 Å². The summed E-state index contributed by atoms with van der Waals surface area (Å²) in [6.07, 6.45) is 5.23. The fourth-order valence-electron chi connectivity index (χ4n) is 1.70. The SMILES string of the molecule is CCc1ccc(CCNc2cncc(Cl)n2)cc1. The molecule has 94 valence electrons. The van der Waals surface area contributed by atoms with Gasteiger partial charge in [-0.1, -0.05) is 42.8 Å². The van der Waals surface area contributed by atoms with Crippen molar-refractivity contribution in [1.82, 2.24) is 9.97 Å². The lowest BCUT2D eigenvalue weighted by atomic mass is 10.1. The molecule has 0 spiro atoms. The van der Waals surface area contributed by atoms with E-state index in [1.807, 2.05) is 0 Å². The van der Waals surface area contributed by atoms with Gasteiger partial charge in [-0.05, 0) is 24.0 Å². The van der Waals surface area contributed by atoms with E-state index in [9.17, 15) is 0 Å². The molecule has 0 unspecified atom stereocenters. The minimum atomic E-state index is 0.410. The third kappa shape index (κ3) is 3.70. The van der Waals surface area contributed by atoms with Gasteiger partial charge in [-0.2, -0.15) is 0 Å². The van der Waals surface area contributed by atoms with Gasteiger partial charge in [0, 0.05) is 6.54 Å². The average Bonchev–Trinajstić information content (AvgIpc) is 2.40. The van der Waals surface area contributed by atoms with Crippen molar-refractivity contribution in [2.45, 2.75) is 19.8 Å². The third-order valence-electron chi connectivity index (χ3n) is 2.76. The van der Waals surface area contributed by atoms with Crippen LogP contribution >= 0.6 is 11.6 Å². The van der Waals surface area contributed by atoms with Crippen LogP contribution < -0.4 is 5.32 Å². The maximum atomic E-state index is 5.76. The maximum absolute atomic E-state index is 5.76. The van der Waals surface area contributed by atoms with E-state index in [4.69, 9.17) is 11.6 Å². The number of benzene rings is 1. The van der Waals surface area contributed by atoms with Gasteiger partial charge in [0.15, 0.2) is 0 Å². The van der Waals surface area contributed by atoms with E-state index in [1.165, 1.54) is 17.3 Å². The van der Waals surface area contributed by atoms with E-state index in [1.54, 1.807) is 6.20 Å². The van der Waals surface area contributed by atoms with E-state index in [-0.39, 0.29) is 0 Å². The minimum Gasteiger partial charge on any atom is -0.368 e. The molecule has 3 nitrogen and oxygen atoms in total. The summed E-state index contributed by atoms with van der Waals surface area (Å²) in [5.74, 6) is 0.715. The molecule has 1 aromatic heterocycles. The summed E-state index contributed by atoms with van der Waals surface area (Å²) >= 11 is 5.76. The molecular formula is C14H16ClN3. The fraction of sp³-hybridized carbons (Fsp3) is 0.286. The lowest BCUT2D eigenvalue weighted by Crippen LogP contribution is -2.06. The molecule has 0 aliphatic rings. The summed E-state index contributed by atoms with van der Waals surface area (Å²) < 4.78 is 0. The lowest BCUT2D eigenvalue weighted by molar-refractivity contribution is 0.995. The van der Waals surface area contributed by atoms with Crippen LogP contribution in [0.15, 0.2) is 36.7 Å². The second kappa shape index (κ2) is 6.36. The van der Waals surface area contributed by atoms with Crippen LogP contribution in [0.3, 0.4) is 0 Å². The Bertz CT molecular complexity index is 497. The van der Waals surface area contributed by atoms with Crippen molar-refractivity contribution in [2.75, 3.05) is 11.9 Å². The molecule has 1 heterocycles. The fourth-order valence-corrected chi connectivity index (χ4v) is 1.85. The zero-order valence-corrected chi connectivity index (χ0v) is 11.1. The Morgan fingerprint density at radius 1 is 1.11 bits per heavy atom. The van der Waals surface area contributed by atoms with Gasteiger partial charge in [-0.3, -0.25) is 4.98 Å². The molecular weight excluding hydrogens is 246 g/mol. The molecule has 0 bridgehead atoms. The van der Waals surface area contributed by atoms with Crippen molar-refractivity contribution in [1.29, 1.82) is 0 Å². The van der Waals surface area contributed by atoms with Gasteiger partial charge in [-0.25, -0.2) is 4.98 Å². The second-order valence-corrected chi connectivity index (χ2v) is 4.46. The van der Waals surface area contributed by atoms with Crippen LogP contribution in [-0.2, 0) is 12.8 Å². The largest absolute Gasteiger partial charge is 0.368 e. The molecule has 0 amide bonds. The van der Waals surface area contributed by atoms with Crippen LogP contribution in [0.25, 0.3) is 0 Å². The van der Waals surface area contributed by atoms with Gasteiger partial charge < -0.3 is 5.32 Å². The van der Waals surface area contributed by atoms with Crippen LogP contribution in [0.5, 0.6) is 0 Å². The molecule has 2 rings (SSSR count). The number of rotatable bonds is 5. The van der Waals surface area contributed by atoms with Gasteiger partial charge >= 0.3 is 0 Å². The lowest BCUT2D eigenvalue weighted by Gasteiger charge is -2.06. The van der Waals surface area contributed by atoms with Crippen molar-refractivity contribution >= 4 is 17.4 Å². The molecule has 0 fully saturated rings. The van der Waals surface area contributed by atoms with Gasteiger partial charge in [-0.15, -0.1) is 0 Å². The summed E-state index contributed by atoms with van der Waals surface area (Å²) in [7, 11) is 0. The average molecular weight is 262 g/mol. The third-order valence-corrected chi connectivity index (χ3v) is 2.94. The number of aromatic nitrogens is 2. The Kier molecular flexibility index (Phi) is 4.53. The first-order valence-electron chi connectivity index (χ1n) is 6.07. The van der Waals surface area contributed by atoms with Crippen molar-refractivity contribution in [2.24, 2.45) is 0 Å². The normalized spacial score (nSPS) is 10.3. The molecule has 0 aliphatic heterocycles. The number of hydrogen-bond donors (Lipinski definition) is 1. The highest BCUT2D eigenvalue weighted by Crippen LogP contribution is 2.08. The van der Waals surface area contributed by atoms with Gasteiger partial charge in [0.1, 0.15) is 11.0 Å². The predicted octanol–water partition coefficient (Wildman–Crippen LogP) is 3.35. The van der Waals surface area contributed by atoms with E-state index >= 15 is 0 Å². The van der Waals surface area contributed by atoms with E-state index in [2.05, 4.69) is 46.5 Å². The molecule has 0 saturated heterocycles. The number of hydrogen-bond acceptors (Lipinski definition) is 3. The molecule has 0 radical (unpaired) electrons. The maximum Gasteiger partial charge on any atom is 0.149 e. The van der Waals surface area contributed by atoms with Crippen molar-refractivity contribution in [3.8, 4) is 0 Å². The smallest absolute Gasteiger partial charge is 0.149 e. The molecule has 0 atom stereocenters. The Labute approximate surface area is 112 Å². The first-order chi connectivity index (χ1) is 8.78. The second-order valence-electron chi connectivity index (χ2n) is 4.07. The topological polar surface area (TPSA) is 37.8 Å². The quantitative estimate of drug-likeness (QED) is 0.897. The number of aryl methyl sites for hydroxylation is 1. The molecule has 4 heteroatoms. The molecule has 1 N–H and O–H groups in total. The van der Waals surface area contributed by atoms with Crippen LogP contribution in [0.1, 0.15) is 18.1 Å². The highest BCUT2D eigenvalue weighted by atomic mass is 35.5. The van der Waals surface area contributed by atoms with Crippen molar-refractivity contribution in [3.63, 3.8) is 0 Å². The Hall–Kier alpha value is -1.61. The first-order valence-corrected chi connectivity index (χ1v) is 6.45. The van der Waals surface area contributed by atoms with Crippen LogP contribution in [0.4, 0.5) is 5.82 Å². The monoisotopic (exact) mass is 261 g/mol. The van der Waals surface area contributed by atoms with Gasteiger partial charge in [0.25, 0.3) is 0 Å². The highest BCUT2D eigenvalue weighted by molar-refractivity contribution is 6.29. The molecule has 2 aromatic rings. The predicted molar refractivity (Wildman–Crippen MR) is 75.1 cm³/mol. The first kappa shape index (κ1) is 12.8. The molecule has 18 heavy (non-hydrogen) atoms. The van der Waals surface area contributed by atoms with Crippen LogP contribution in [0.2, 0.25) is 5.15 Å².